The van der Waals surface area contributed by atoms with Crippen LogP contribution in [0.5, 0.6) is 0 Å². The first-order chi connectivity index (χ1) is 8.33. The number of nitrogens with one attached hydrogen (secondary N) is 1. The van der Waals surface area contributed by atoms with Gasteiger partial charge in [-0.2, -0.15) is 0 Å². The predicted molar refractivity (Wildman–Crippen MR) is 73.1 cm³/mol. The van der Waals surface area contributed by atoms with Gasteiger partial charge < -0.3 is 9.73 Å². The van der Waals surface area contributed by atoms with Gasteiger partial charge in [-0.1, -0.05) is 37.3 Å². The molecule has 2 aromatic rings. The molecule has 2 heteroatoms. The van der Waals surface area contributed by atoms with E-state index in [-0.39, 0.29) is 0 Å². The fraction of sp³-hybridized carbons (Fsp3) is 0.333. The van der Waals surface area contributed by atoms with E-state index in [4.69, 9.17) is 4.42 Å². The molecular weight excluding hydrogens is 210 g/mol. The summed E-state index contributed by atoms with van der Waals surface area (Å²) in [5.74, 6) is 0.984. The minimum absolute atomic E-state index is 0.910. The molecule has 1 aromatic carbocycles. The summed E-state index contributed by atoms with van der Waals surface area (Å²) in [5.41, 5.74) is 2.16. The smallest absolute Gasteiger partial charge is 0.134 e. The Morgan fingerprint density at radius 1 is 1.29 bits per heavy atom. The van der Waals surface area contributed by atoms with Crippen LogP contribution in [0.3, 0.4) is 0 Å². The third kappa shape index (κ3) is 2.77. The number of aryl methyl sites for hydroxylation is 1. The Kier molecular flexibility index (Phi) is 3.99. The zero-order chi connectivity index (χ0) is 12.1. The molecule has 90 valence electrons. The second-order valence-corrected chi connectivity index (χ2v) is 4.17. The van der Waals surface area contributed by atoms with Gasteiger partial charge in [0.25, 0.3) is 0 Å². The van der Waals surface area contributed by atoms with Crippen molar-refractivity contribution in [2.24, 2.45) is 0 Å². The summed E-state index contributed by atoms with van der Waals surface area (Å²) in [7, 11) is 0. The highest BCUT2D eigenvalue weighted by molar-refractivity contribution is 5.88. The first kappa shape index (κ1) is 11.9. The summed E-state index contributed by atoms with van der Waals surface area (Å²) in [6.07, 6.45) is 5.46. The van der Waals surface area contributed by atoms with Crippen LogP contribution in [0.2, 0.25) is 0 Å². The summed E-state index contributed by atoms with van der Waals surface area (Å²) in [5, 5.41) is 4.54. The van der Waals surface area contributed by atoms with Crippen molar-refractivity contribution in [3.05, 3.63) is 41.7 Å². The molecule has 1 heterocycles. The second kappa shape index (κ2) is 5.69. The van der Waals surface area contributed by atoms with Gasteiger partial charge in [0.15, 0.2) is 0 Å². The lowest BCUT2D eigenvalue weighted by Gasteiger charge is -1.96. The molecule has 0 bridgehead atoms. The van der Waals surface area contributed by atoms with Crippen molar-refractivity contribution in [3.63, 3.8) is 0 Å². The second-order valence-electron chi connectivity index (χ2n) is 4.17. The number of rotatable bonds is 5. The standard InChI is InChI=1S/C15H19NO/c1-3-10-16-11-6-8-13-12(2)17-15-9-5-4-7-14(13)15/h4-9,16H,3,10-11H2,1-2H3/b8-6+. The predicted octanol–water partition coefficient (Wildman–Crippen LogP) is 3.75. The van der Waals surface area contributed by atoms with Gasteiger partial charge in [-0.25, -0.2) is 0 Å². The minimum atomic E-state index is 0.910. The van der Waals surface area contributed by atoms with E-state index in [1.807, 2.05) is 25.1 Å². The average Bonchev–Trinajstić information content (AvgIpc) is 2.65. The number of fused-ring (bicyclic) bond motifs is 1. The van der Waals surface area contributed by atoms with Crippen molar-refractivity contribution < 1.29 is 4.42 Å². The molecule has 1 aromatic heterocycles. The zero-order valence-electron chi connectivity index (χ0n) is 10.5. The summed E-state index contributed by atoms with van der Waals surface area (Å²) in [6.45, 7) is 6.16. The summed E-state index contributed by atoms with van der Waals surface area (Å²) >= 11 is 0. The maximum Gasteiger partial charge on any atom is 0.134 e. The van der Waals surface area contributed by atoms with E-state index >= 15 is 0 Å². The van der Waals surface area contributed by atoms with E-state index in [9.17, 15) is 0 Å². The van der Waals surface area contributed by atoms with Crippen LogP contribution in [0.15, 0.2) is 34.8 Å². The number of hydrogen-bond acceptors (Lipinski definition) is 2. The molecule has 0 radical (unpaired) electrons. The van der Waals surface area contributed by atoms with Crippen molar-refractivity contribution in [3.8, 4) is 0 Å². The largest absolute Gasteiger partial charge is 0.461 e. The molecule has 0 unspecified atom stereocenters. The maximum atomic E-state index is 5.71. The molecule has 1 N–H and O–H groups in total. The number of benzene rings is 1. The van der Waals surface area contributed by atoms with Crippen LogP contribution < -0.4 is 5.32 Å². The third-order valence-corrected chi connectivity index (χ3v) is 2.79. The van der Waals surface area contributed by atoms with Crippen LogP contribution in [-0.4, -0.2) is 13.1 Å². The van der Waals surface area contributed by atoms with Crippen molar-refractivity contribution >= 4 is 17.0 Å². The third-order valence-electron chi connectivity index (χ3n) is 2.79. The van der Waals surface area contributed by atoms with Gasteiger partial charge in [0, 0.05) is 17.5 Å². The highest BCUT2D eigenvalue weighted by Crippen LogP contribution is 2.25. The van der Waals surface area contributed by atoms with E-state index in [0.29, 0.717) is 0 Å². The van der Waals surface area contributed by atoms with E-state index in [0.717, 1.165) is 24.4 Å². The van der Waals surface area contributed by atoms with Crippen LogP contribution in [0.4, 0.5) is 0 Å². The molecule has 0 spiro atoms. The number of furan rings is 1. The molecule has 0 saturated heterocycles. The topological polar surface area (TPSA) is 25.2 Å². The number of hydrogen-bond donors (Lipinski definition) is 1. The Morgan fingerprint density at radius 3 is 2.94 bits per heavy atom. The molecule has 2 rings (SSSR count). The monoisotopic (exact) mass is 229 g/mol. The molecule has 0 aliphatic heterocycles. The quantitative estimate of drug-likeness (QED) is 0.790. The highest BCUT2D eigenvalue weighted by atomic mass is 16.3. The molecule has 0 fully saturated rings. The van der Waals surface area contributed by atoms with Gasteiger partial charge in [0.2, 0.25) is 0 Å². The molecule has 0 aliphatic carbocycles. The first-order valence-electron chi connectivity index (χ1n) is 6.18. The summed E-state index contributed by atoms with van der Waals surface area (Å²) in [6, 6.07) is 8.16. The highest BCUT2D eigenvalue weighted by Gasteiger charge is 2.06. The molecule has 17 heavy (non-hydrogen) atoms. The fourth-order valence-corrected chi connectivity index (χ4v) is 1.93. The van der Waals surface area contributed by atoms with E-state index in [2.05, 4.69) is 30.5 Å². The van der Waals surface area contributed by atoms with Crippen molar-refractivity contribution in [2.75, 3.05) is 13.1 Å². The van der Waals surface area contributed by atoms with Crippen LogP contribution in [0.25, 0.3) is 17.0 Å². The van der Waals surface area contributed by atoms with Gasteiger partial charge in [0.1, 0.15) is 11.3 Å². The molecule has 0 aliphatic rings. The minimum Gasteiger partial charge on any atom is -0.461 e. The Hall–Kier alpha value is -1.54. The van der Waals surface area contributed by atoms with Gasteiger partial charge in [-0.05, 0) is 26.0 Å². The first-order valence-corrected chi connectivity index (χ1v) is 6.18. The lowest BCUT2D eigenvalue weighted by Crippen LogP contribution is -2.13. The van der Waals surface area contributed by atoms with E-state index in [1.165, 1.54) is 17.4 Å². The van der Waals surface area contributed by atoms with Crippen molar-refractivity contribution in [1.82, 2.24) is 5.32 Å². The number of para-hydroxylation sites is 1. The summed E-state index contributed by atoms with van der Waals surface area (Å²) in [4.78, 5) is 0. The van der Waals surface area contributed by atoms with E-state index < -0.39 is 0 Å². The zero-order valence-corrected chi connectivity index (χ0v) is 10.5. The van der Waals surface area contributed by atoms with Crippen LogP contribution in [0.1, 0.15) is 24.7 Å². The SMILES string of the molecule is CCCNC/C=C/c1c(C)oc2ccccc12. The molecule has 0 saturated carbocycles. The van der Waals surface area contributed by atoms with Gasteiger partial charge in [0.05, 0.1) is 0 Å². The lowest BCUT2D eigenvalue weighted by molar-refractivity contribution is 0.577. The van der Waals surface area contributed by atoms with Crippen molar-refractivity contribution in [1.29, 1.82) is 0 Å². The Labute approximate surface area is 102 Å². The van der Waals surface area contributed by atoms with Gasteiger partial charge in [-0.3, -0.25) is 0 Å². The van der Waals surface area contributed by atoms with Gasteiger partial charge in [-0.15, -0.1) is 0 Å². The molecular formula is C15H19NO. The maximum absolute atomic E-state index is 5.71. The van der Waals surface area contributed by atoms with Crippen LogP contribution in [0, 0.1) is 6.92 Å². The Morgan fingerprint density at radius 2 is 2.12 bits per heavy atom. The normalized spacial score (nSPS) is 11.6. The Bertz CT molecular complexity index is 511. The molecule has 2 nitrogen and oxygen atoms in total. The van der Waals surface area contributed by atoms with E-state index in [1.54, 1.807) is 0 Å². The molecule has 0 atom stereocenters. The summed E-state index contributed by atoms with van der Waals surface area (Å²) < 4.78 is 5.71. The Balaban J connectivity index is 2.15. The fourth-order valence-electron chi connectivity index (χ4n) is 1.93. The van der Waals surface area contributed by atoms with Crippen LogP contribution in [-0.2, 0) is 0 Å². The van der Waals surface area contributed by atoms with Crippen LogP contribution >= 0.6 is 0 Å². The lowest BCUT2D eigenvalue weighted by atomic mass is 10.1. The van der Waals surface area contributed by atoms with Crippen molar-refractivity contribution in [2.45, 2.75) is 20.3 Å². The van der Waals surface area contributed by atoms with Gasteiger partial charge >= 0.3 is 0 Å². The average molecular weight is 229 g/mol. The molecule has 0 amide bonds.